The largest absolute Gasteiger partial charge is 0.496 e. The highest BCUT2D eigenvalue weighted by Crippen LogP contribution is 2.29. The summed E-state index contributed by atoms with van der Waals surface area (Å²) in [4.78, 5) is 46.2. The van der Waals surface area contributed by atoms with E-state index in [1.165, 1.54) is 13.2 Å². The number of nitrogens with one attached hydrogen (secondary N) is 2. The standard InChI is InChI=1S/C21H22N4O7/c1-21(2,3)20(27)23-16(11-13-7-5-6-8-18(13)32-4)19(26)22-15-10-9-14(24(28)29)12-17(15)25(30)31/h5-12H,1-4H3,(H,22,26)(H,23,27)/b16-11+. The lowest BCUT2D eigenvalue weighted by atomic mass is 9.95. The Hall–Kier alpha value is -4.28. The predicted molar refractivity (Wildman–Crippen MR) is 117 cm³/mol. The van der Waals surface area contributed by atoms with Gasteiger partial charge >= 0.3 is 0 Å². The van der Waals surface area contributed by atoms with E-state index < -0.39 is 38.5 Å². The number of hydrogen-bond acceptors (Lipinski definition) is 7. The van der Waals surface area contributed by atoms with Gasteiger partial charge in [-0.25, -0.2) is 0 Å². The highest BCUT2D eigenvalue weighted by Gasteiger charge is 2.26. The molecule has 2 N–H and O–H groups in total. The molecule has 11 nitrogen and oxygen atoms in total. The van der Waals surface area contributed by atoms with Crippen LogP contribution in [-0.4, -0.2) is 28.8 Å². The fraction of sp³-hybridized carbons (Fsp3) is 0.238. The van der Waals surface area contributed by atoms with E-state index in [-0.39, 0.29) is 11.4 Å². The lowest BCUT2D eigenvalue weighted by Crippen LogP contribution is -2.38. The van der Waals surface area contributed by atoms with E-state index in [0.717, 1.165) is 18.2 Å². The molecule has 0 saturated heterocycles. The van der Waals surface area contributed by atoms with Crippen LogP contribution >= 0.6 is 0 Å². The SMILES string of the molecule is COc1ccccc1/C=C(/NC(=O)C(C)(C)C)C(=O)Nc1ccc([N+](=O)[O-])cc1[N+](=O)[O-]. The summed E-state index contributed by atoms with van der Waals surface area (Å²) in [5.74, 6) is -0.887. The number of rotatable bonds is 7. The molecule has 0 atom stereocenters. The molecule has 0 aromatic heterocycles. The van der Waals surface area contributed by atoms with E-state index in [2.05, 4.69) is 10.6 Å². The van der Waals surface area contributed by atoms with Gasteiger partial charge in [0, 0.05) is 17.0 Å². The number of amides is 2. The molecule has 0 radical (unpaired) electrons. The second kappa shape index (κ2) is 9.69. The summed E-state index contributed by atoms with van der Waals surface area (Å²) in [6.45, 7) is 4.96. The zero-order valence-corrected chi connectivity index (χ0v) is 17.9. The molecule has 0 aliphatic rings. The van der Waals surface area contributed by atoms with Crippen molar-refractivity contribution >= 4 is 35.0 Å². The van der Waals surface area contributed by atoms with Gasteiger partial charge in [0.15, 0.2) is 0 Å². The number of nitrogens with zero attached hydrogens (tertiary/aromatic N) is 2. The molecule has 2 aromatic rings. The zero-order chi connectivity index (χ0) is 24.1. The van der Waals surface area contributed by atoms with Crippen LogP contribution in [0.4, 0.5) is 17.1 Å². The van der Waals surface area contributed by atoms with Crippen molar-refractivity contribution in [2.75, 3.05) is 12.4 Å². The molecule has 0 unspecified atom stereocenters. The number of para-hydroxylation sites is 1. The molecule has 0 heterocycles. The molecule has 0 fully saturated rings. The van der Waals surface area contributed by atoms with Crippen molar-refractivity contribution in [2.45, 2.75) is 20.8 Å². The van der Waals surface area contributed by atoms with Crippen LogP contribution in [0.1, 0.15) is 26.3 Å². The van der Waals surface area contributed by atoms with Crippen LogP contribution in [-0.2, 0) is 9.59 Å². The average Bonchev–Trinajstić information content (AvgIpc) is 2.72. The van der Waals surface area contributed by atoms with Gasteiger partial charge < -0.3 is 15.4 Å². The normalized spacial score (nSPS) is 11.4. The maximum absolute atomic E-state index is 13.0. The minimum atomic E-state index is -0.856. The molecule has 168 valence electrons. The minimum absolute atomic E-state index is 0.193. The van der Waals surface area contributed by atoms with Crippen molar-refractivity contribution in [1.29, 1.82) is 0 Å². The molecular formula is C21H22N4O7. The number of carbonyl (C=O) groups excluding carboxylic acids is 2. The number of anilines is 1. The van der Waals surface area contributed by atoms with Gasteiger partial charge in [-0.15, -0.1) is 0 Å². The van der Waals surface area contributed by atoms with Gasteiger partial charge in [0.2, 0.25) is 5.91 Å². The van der Waals surface area contributed by atoms with Gasteiger partial charge in [-0.3, -0.25) is 29.8 Å². The van der Waals surface area contributed by atoms with E-state index in [0.29, 0.717) is 11.3 Å². The molecule has 2 rings (SSSR count). The first-order valence-corrected chi connectivity index (χ1v) is 9.34. The second-order valence-corrected chi connectivity index (χ2v) is 7.67. The quantitative estimate of drug-likeness (QED) is 0.377. The number of non-ortho nitro benzene ring substituents is 1. The van der Waals surface area contributed by atoms with E-state index in [9.17, 15) is 29.8 Å². The molecule has 0 saturated carbocycles. The topological polar surface area (TPSA) is 154 Å². The first-order chi connectivity index (χ1) is 14.9. The Balaban J connectivity index is 2.49. The van der Waals surface area contributed by atoms with Gasteiger partial charge in [-0.1, -0.05) is 39.0 Å². The monoisotopic (exact) mass is 442 g/mol. The summed E-state index contributed by atoms with van der Waals surface area (Å²) < 4.78 is 5.26. The third kappa shape index (κ3) is 5.88. The Morgan fingerprint density at radius 1 is 1.03 bits per heavy atom. The van der Waals surface area contributed by atoms with Crippen LogP contribution in [0.3, 0.4) is 0 Å². The number of methoxy groups -OCH3 is 1. The minimum Gasteiger partial charge on any atom is -0.496 e. The Kier molecular flexibility index (Phi) is 7.26. The fourth-order valence-electron chi connectivity index (χ4n) is 2.49. The van der Waals surface area contributed by atoms with Crippen LogP contribution in [0.15, 0.2) is 48.2 Å². The van der Waals surface area contributed by atoms with Crippen molar-refractivity contribution in [3.8, 4) is 5.75 Å². The summed E-state index contributed by atoms with van der Waals surface area (Å²) in [6, 6.07) is 9.58. The maximum Gasteiger partial charge on any atom is 0.299 e. The Morgan fingerprint density at radius 2 is 1.69 bits per heavy atom. The number of nitro benzene ring substituents is 2. The second-order valence-electron chi connectivity index (χ2n) is 7.67. The van der Waals surface area contributed by atoms with Crippen molar-refractivity contribution in [3.05, 3.63) is 74.0 Å². The summed E-state index contributed by atoms with van der Waals surface area (Å²) in [5.41, 5.74) is -1.97. The summed E-state index contributed by atoms with van der Waals surface area (Å²) in [7, 11) is 1.44. The lowest BCUT2D eigenvalue weighted by Gasteiger charge is -2.19. The number of benzene rings is 2. The van der Waals surface area contributed by atoms with E-state index >= 15 is 0 Å². The van der Waals surface area contributed by atoms with Crippen molar-refractivity contribution < 1.29 is 24.2 Å². The summed E-state index contributed by atoms with van der Waals surface area (Å²) in [5, 5.41) is 27.2. The molecule has 0 bridgehead atoms. The predicted octanol–water partition coefficient (Wildman–Crippen LogP) is 3.65. The van der Waals surface area contributed by atoms with E-state index in [4.69, 9.17) is 4.74 Å². The Labute approximate surface area is 183 Å². The number of ether oxygens (including phenoxy) is 1. The molecule has 0 aliphatic carbocycles. The third-order valence-electron chi connectivity index (χ3n) is 4.25. The van der Waals surface area contributed by atoms with Crippen molar-refractivity contribution in [2.24, 2.45) is 5.41 Å². The number of hydrogen-bond donors (Lipinski definition) is 2. The van der Waals surface area contributed by atoms with Gasteiger partial charge in [0.05, 0.1) is 23.0 Å². The van der Waals surface area contributed by atoms with E-state index in [1.54, 1.807) is 45.0 Å². The molecule has 32 heavy (non-hydrogen) atoms. The molecule has 0 aliphatic heterocycles. The molecule has 11 heteroatoms. The van der Waals surface area contributed by atoms with Crippen LogP contribution in [0.2, 0.25) is 0 Å². The molecule has 0 spiro atoms. The van der Waals surface area contributed by atoms with Crippen LogP contribution in [0.25, 0.3) is 6.08 Å². The molecule has 2 amide bonds. The maximum atomic E-state index is 13.0. The summed E-state index contributed by atoms with van der Waals surface area (Å²) >= 11 is 0. The molecule has 2 aromatic carbocycles. The lowest BCUT2D eigenvalue weighted by molar-refractivity contribution is -0.393. The van der Waals surface area contributed by atoms with Crippen molar-refractivity contribution in [1.82, 2.24) is 5.32 Å². The number of nitro groups is 2. The molecular weight excluding hydrogens is 420 g/mol. The van der Waals surface area contributed by atoms with Gasteiger partial charge in [0.1, 0.15) is 17.1 Å². The van der Waals surface area contributed by atoms with Crippen LogP contribution in [0, 0.1) is 25.6 Å². The zero-order valence-electron chi connectivity index (χ0n) is 17.9. The fourth-order valence-corrected chi connectivity index (χ4v) is 2.49. The Bertz CT molecular complexity index is 1100. The van der Waals surface area contributed by atoms with Gasteiger partial charge in [-0.2, -0.15) is 0 Å². The average molecular weight is 442 g/mol. The first kappa shape index (κ1) is 24.0. The highest BCUT2D eigenvalue weighted by molar-refractivity contribution is 6.10. The van der Waals surface area contributed by atoms with Gasteiger partial charge in [0.25, 0.3) is 17.3 Å². The van der Waals surface area contributed by atoms with E-state index in [1.807, 2.05) is 0 Å². The van der Waals surface area contributed by atoms with Crippen molar-refractivity contribution in [3.63, 3.8) is 0 Å². The van der Waals surface area contributed by atoms with Crippen LogP contribution in [0.5, 0.6) is 5.75 Å². The van der Waals surface area contributed by atoms with Crippen LogP contribution < -0.4 is 15.4 Å². The third-order valence-corrected chi connectivity index (χ3v) is 4.25. The Morgan fingerprint density at radius 3 is 2.25 bits per heavy atom. The summed E-state index contributed by atoms with van der Waals surface area (Å²) in [6.07, 6.45) is 1.37. The van der Waals surface area contributed by atoms with Gasteiger partial charge in [-0.05, 0) is 18.2 Å². The highest BCUT2D eigenvalue weighted by atomic mass is 16.6. The number of carbonyl (C=O) groups is 2. The smallest absolute Gasteiger partial charge is 0.299 e. The first-order valence-electron chi connectivity index (χ1n) is 9.34.